The van der Waals surface area contributed by atoms with Gasteiger partial charge in [0.25, 0.3) is 0 Å². The van der Waals surface area contributed by atoms with Gasteiger partial charge >= 0.3 is 0 Å². The maximum atomic E-state index is 4.01. The number of hydrogen-bond donors (Lipinski definition) is 0. The zero-order valence-electron chi connectivity index (χ0n) is 26.6. The Labute approximate surface area is 228 Å². The Hall–Kier alpha value is -2.08. The molecule has 1 unspecified atom stereocenters. The predicted molar refractivity (Wildman–Crippen MR) is 173 cm³/mol. The zero-order chi connectivity index (χ0) is 28.5. The lowest BCUT2D eigenvalue weighted by molar-refractivity contribution is 0.746. The Bertz CT molecular complexity index is 792. The maximum absolute atomic E-state index is 4.01. The second kappa shape index (κ2) is 26.0. The van der Waals surface area contributed by atoms with Crippen LogP contribution in [0.4, 0.5) is 0 Å². The van der Waals surface area contributed by atoms with Crippen molar-refractivity contribution in [2.45, 2.75) is 129 Å². The molecular formula is C36H62. The molecule has 0 fully saturated rings. The van der Waals surface area contributed by atoms with Gasteiger partial charge in [0.2, 0.25) is 0 Å². The quantitative estimate of drug-likeness (QED) is 0.200. The van der Waals surface area contributed by atoms with Crippen LogP contribution in [0.15, 0.2) is 48.6 Å². The molecule has 0 radical (unpaired) electrons. The van der Waals surface area contributed by atoms with Crippen molar-refractivity contribution in [3.8, 4) is 0 Å². The van der Waals surface area contributed by atoms with Gasteiger partial charge in [-0.2, -0.15) is 0 Å². The summed E-state index contributed by atoms with van der Waals surface area (Å²) in [5.74, 6) is 0.535. The van der Waals surface area contributed by atoms with Crippen LogP contribution >= 0.6 is 0 Å². The zero-order valence-corrected chi connectivity index (χ0v) is 26.6. The molecular weight excluding hydrogens is 432 g/mol. The van der Waals surface area contributed by atoms with E-state index in [1.165, 1.54) is 64.6 Å². The fourth-order valence-electron chi connectivity index (χ4n) is 3.79. The van der Waals surface area contributed by atoms with Crippen molar-refractivity contribution in [2.24, 2.45) is 5.92 Å². The number of rotatable bonds is 12. The average molecular weight is 495 g/mol. The largest absolute Gasteiger partial charge is 0.0984 e. The Balaban J connectivity index is -0.00000168. The molecule has 206 valence electrons. The lowest BCUT2D eigenvalue weighted by Crippen LogP contribution is -1.99. The highest BCUT2D eigenvalue weighted by Gasteiger charge is 2.11. The third-order valence-corrected chi connectivity index (χ3v) is 6.03. The first-order valence-corrected chi connectivity index (χ1v) is 14.6. The van der Waals surface area contributed by atoms with E-state index in [1.54, 1.807) is 0 Å². The van der Waals surface area contributed by atoms with Crippen LogP contribution in [-0.2, 0) is 0 Å². The van der Waals surface area contributed by atoms with E-state index < -0.39 is 0 Å². The molecule has 1 rings (SSSR count). The minimum absolute atomic E-state index is 0.535. The SMILES string of the molecule is C=Cc1c(C)c(C)c(C)c(/C=C\C(C)C/C=C/C/C=C/CCCCC=C(C)C)c1C.CC.CC.CC. The van der Waals surface area contributed by atoms with Gasteiger partial charge in [-0.3, -0.25) is 0 Å². The van der Waals surface area contributed by atoms with Crippen LogP contribution in [0.5, 0.6) is 0 Å². The maximum Gasteiger partial charge on any atom is -0.0169 e. The summed E-state index contributed by atoms with van der Waals surface area (Å²) < 4.78 is 0. The normalized spacial score (nSPS) is 11.2. The van der Waals surface area contributed by atoms with Crippen molar-refractivity contribution >= 4 is 12.2 Å². The van der Waals surface area contributed by atoms with Crippen molar-refractivity contribution in [1.82, 2.24) is 0 Å². The van der Waals surface area contributed by atoms with Crippen LogP contribution in [0.2, 0.25) is 0 Å². The lowest BCUT2D eigenvalue weighted by Gasteiger charge is -2.17. The first-order chi connectivity index (χ1) is 17.3. The molecule has 36 heavy (non-hydrogen) atoms. The van der Waals surface area contributed by atoms with Crippen molar-refractivity contribution in [3.05, 3.63) is 82.0 Å². The van der Waals surface area contributed by atoms with Gasteiger partial charge in [-0.25, -0.2) is 0 Å². The van der Waals surface area contributed by atoms with E-state index in [9.17, 15) is 0 Å². The molecule has 0 aromatic heterocycles. The summed E-state index contributed by atoms with van der Waals surface area (Å²) in [5, 5.41) is 0. The minimum atomic E-state index is 0.535. The van der Waals surface area contributed by atoms with E-state index in [1.807, 2.05) is 47.6 Å². The van der Waals surface area contributed by atoms with Crippen molar-refractivity contribution in [2.75, 3.05) is 0 Å². The van der Waals surface area contributed by atoms with Crippen LogP contribution in [0.25, 0.3) is 12.2 Å². The van der Waals surface area contributed by atoms with Gasteiger partial charge in [-0.05, 0) is 119 Å². The second-order valence-corrected chi connectivity index (χ2v) is 8.85. The first kappa shape index (κ1) is 38.5. The van der Waals surface area contributed by atoms with Crippen LogP contribution in [-0.4, -0.2) is 0 Å². The first-order valence-electron chi connectivity index (χ1n) is 14.6. The van der Waals surface area contributed by atoms with Gasteiger partial charge < -0.3 is 0 Å². The van der Waals surface area contributed by atoms with Crippen LogP contribution < -0.4 is 0 Å². The molecule has 1 aromatic carbocycles. The summed E-state index contributed by atoms with van der Waals surface area (Å²) in [6.07, 6.45) is 25.4. The number of hydrogen-bond acceptors (Lipinski definition) is 0. The Morgan fingerprint density at radius 3 is 1.78 bits per heavy atom. The smallest absolute Gasteiger partial charge is 0.0169 e. The Morgan fingerprint density at radius 2 is 1.22 bits per heavy atom. The van der Waals surface area contributed by atoms with Crippen molar-refractivity contribution < 1.29 is 0 Å². The van der Waals surface area contributed by atoms with Gasteiger partial charge in [-0.1, -0.05) is 109 Å². The molecule has 0 aliphatic heterocycles. The Morgan fingerprint density at radius 1 is 0.694 bits per heavy atom. The van der Waals surface area contributed by atoms with Crippen LogP contribution in [0, 0.1) is 33.6 Å². The van der Waals surface area contributed by atoms with Gasteiger partial charge in [-0.15, -0.1) is 0 Å². The van der Waals surface area contributed by atoms with Crippen molar-refractivity contribution in [3.63, 3.8) is 0 Å². The molecule has 0 amide bonds. The second-order valence-electron chi connectivity index (χ2n) is 8.85. The summed E-state index contributed by atoms with van der Waals surface area (Å²) in [7, 11) is 0. The minimum Gasteiger partial charge on any atom is -0.0984 e. The third-order valence-electron chi connectivity index (χ3n) is 6.03. The number of unbranched alkanes of at least 4 members (excludes halogenated alkanes) is 3. The molecule has 0 N–H and O–H groups in total. The van der Waals surface area contributed by atoms with E-state index in [0.717, 1.165) is 12.8 Å². The molecule has 0 saturated carbocycles. The number of benzene rings is 1. The Kier molecular flexibility index (Phi) is 27.8. The van der Waals surface area contributed by atoms with E-state index in [4.69, 9.17) is 0 Å². The van der Waals surface area contributed by atoms with E-state index in [0.29, 0.717) is 5.92 Å². The molecule has 0 saturated heterocycles. The molecule has 1 atom stereocenters. The summed E-state index contributed by atoms with van der Waals surface area (Å²) in [6.45, 7) is 31.5. The molecule has 0 spiro atoms. The summed E-state index contributed by atoms with van der Waals surface area (Å²) in [4.78, 5) is 0. The number of allylic oxidation sites excluding steroid dienone is 7. The molecule has 0 heteroatoms. The van der Waals surface area contributed by atoms with Gasteiger partial charge in [0.15, 0.2) is 0 Å². The highest BCUT2D eigenvalue weighted by atomic mass is 14.2. The van der Waals surface area contributed by atoms with Crippen LogP contribution in [0.3, 0.4) is 0 Å². The monoisotopic (exact) mass is 494 g/mol. The highest BCUT2D eigenvalue weighted by molar-refractivity contribution is 5.70. The fourth-order valence-corrected chi connectivity index (χ4v) is 3.79. The molecule has 0 aliphatic carbocycles. The van der Waals surface area contributed by atoms with E-state index >= 15 is 0 Å². The lowest BCUT2D eigenvalue weighted by atomic mass is 9.88. The van der Waals surface area contributed by atoms with E-state index in [2.05, 4.69) is 97.6 Å². The molecule has 1 aromatic rings. The van der Waals surface area contributed by atoms with E-state index in [-0.39, 0.29) is 0 Å². The predicted octanol–water partition coefficient (Wildman–Crippen LogP) is 12.7. The fraction of sp³-hybridized carbons (Fsp3) is 0.556. The van der Waals surface area contributed by atoms with Gasteiger partial charge in [0, 0.05) is 0 Å². The molecule has 0 bridgehead atoms. The molecule has 0 nitrogen and oxygen atoms in total. The highest BCUT2D eigenvalue weighted by Crippen LogP contribution is 2.28. The molecule has 0 heterocycles. The van der Waals surface area contributed by atoms with Gasteiger partial charge in [0.1, 0.15) is 0 Å². The van der Waals surface area contributed by atoms with Gasteiger partial charge in [0.05, 0.1) is 0 Å². The standard InChI is InChI=1S/C30H44.3C2H6/c1-9-29-26(6)25(5)27(7)30(28(29)8)22-21-24(4)20-18-16-14-12-10-11-13-15-17-19-23(2)3;3*1-2/h9-10,12,16,18-19,21-22,24H,1,11,13-15,17,20H2,2-8H3;3*1-2H3/b12-10+,18-16+,22-21-;;;. The van der Waals surface area contributed by atoms with Crippen LogP contribution in [0.1, 0.15) is 134 Å². The third kappa shape index (κ3) is 16.6. The molecule has 0 aliphatic rings. The van der Waals surface area contributed by atoms with Crippen molar-refractivity contribution in [1.29, 1.82) is 0 Å². The summed E-state index contributed by atoms with van der Waals surface area (Å²) in [5.41, 5.74) is 9.54. The summed E-state index contributed by atoms with van der Waals surface area (Å²) in [6, 6.07) is 0. The average Bonchev–Trinajstić information content (AvgIpc) is 2.89. The topological polar surface area (TPSA) is 0 Å². The summed E-state index contributed by atoms with van der Waals surface area (Å²) >= 11 is 0.